The zero-order valence-corrected chi connectivity index (χ0v) is 21.5. The molecule has 0 aromatic carbocycles. The smallest absolute Gasteiger partial charge is 0.0818 e. The topological polar surface area (TPSA) is 0 Å². The third-order valence-electron chi connectivity index (χ3n) is 8.14. The first-order chi connectivity index (χ1) is 10.8. The predicted molar refractivity (Wildman–Crippen MR) is 99.3 cm³/mol. The first kappa shape index (κ1) is 24.4. The minimum Gasteiger partial charge on any atom is -1.00 e. The van der Waals surface area contributed by atoms with Crippen LogP contribution in [0.1, 0.15) is 65.2 Å². The molecule has 25 heavy (non-hydrogen) atoms. The van der Waals surface area contributed by atoms with Crippen molar-refractivity contribution in [2.75, 3.05) is 53.4 Å². The van der Waals surface area contributed by atoms with Crippen LogP contribution in [0.5, 0.6) is 0 Å². The standard InChI is InChI=1S/C21H42N2.2HI/c1-21(2)19(11-16-22(3)12-7-5-8-13-22)17-20(21)18-23(4)14-9-6-10-15-23;;/h19-20H,5-18H2,1-4H3;2*1H/q+2;;/p-2. The van der Waals surface area contributed by atoms with E-state index in [9.17, 15) is 0 Å². The maximum atomic E-state index is 2.58. The summed E-state index contributed by atoms with van der Waals surface area (Å²) in [7, 11) is 5.05. The third-order valence-corrected chi connectivity index (χ3v) is 8.14. The molecule has 2 aliphatic heterocycles. The molecular weight excluding hydrogens is 534 g/mol. The number of quaternary nitrogens is 2. The van der Waals surface area contributed by atoms with E-state index >= 15 is 0 Å². The van der Waals surface area contributed by atoms with Gasteiger partial charge >= 0.3 is 0 Å². The highest BCUT2D eigenvalue weighted by Crippen LogP contribution is 2.54. The van der Waals surface area contributed by atoms with E-state index in [2.05, 4.69) is 27.9 Å². The number of hydrogen-bond donors (Lipinski definition) is 0. The summed E-state index contributed by atoms with van der Waals surface area (Å²) in [5.74, 6) is 1.96. The molecule has 2 nitrogen and oxygen atoms in total. The zero-order chi connectivity index (χ0) is 16.6. The fraction of sp³-hybridized carbons (Fsp3) is 1.00. The molecule has 1 saturated carbocycles. The minimum atomic E-state index is 0. The van der Waals surface area contributed by atoms with Crippen molar-refractivity contribution in [3.63, 3.8) is 0 Å². The summed E-state index contributed by atoms with van der Waals surface area (Å²) in [4.78, 5) is 0. The van der Waals surface area contributed by atoms with Crippen molar-refractivity contribution >= 4 is 0 Å². The van der Waals surface area contributed by atoms with Crippen LogP contribution in [0.2, 0.25) is 0 Å². The second kappa shape index (κ2) is 9.73. The molecule has 0 amide bonds. The van der Waals surface area contributed by atoms with E-state index in [4.69, 9.17) is 0 Å². The van der Waals surface area contributed by atoms with E-state index in [1.54, 1.807) is 0 Å². The first-order valence-corrected chi connectivity index (χ1v) is 10.5. The summed E-state index contributed by atoms with van der Waals surface area (Å²) in [5.41, 5.74) is 0.591. The Morgan fingerprint density at radius 1 is 0.720 bits per heavy atom. The summed E-state index contributed by atoms with van der Waals surface area (Å²) in [6, 6.07) is 0. The van der Waals surface area contributed by atoms with Gasteiger partial charge in [-0.15, -0.1) is 0 Å². The lowest BCUT2D eigenvalue weighted by molar-refractivity contribution is -0.919. The van der Waals surface area contributed by atoms with Crippen LogP contribution < -0.4 is 48.0 Å². The van der Waals surface area contributed by atoms with E-state index in [1.807, 2.05) is 0 Å². The van der Waals surface area contributed by atoms with Gasteiger partial charge in [0.1, 0.15) is 0 Å². The lowest BCUT2D eigenvalue weighted by Gasteiger charge is -2.55. The van der Waals surface area contributed by atoms with Gasteiger partial charge in [0.15, 0.2) is 0 Å². The average molecular weight is 576 g/mol. The van der Waals surface area contributed by atoms with E-state index in [0.717, 1.165) is 11.8 Å². The molecule has 4 heteroatoms. The predicted octanol–water partition coefficient (Wildman–Crippen LogP) is -1.69. The van der Waals surface area contributed by atoms with Gasteiger partial charge in [0, 0.05) is 5.92 Å². The molecule has 2 unspecified atom stereocenters. The Hall–Kier alpha value is 1.38. The van der Waals surface area contributed by atoms with Crippen molar-refractivity contribution in [2.45, 2.75) is 65.2 Å². The van der Waals surface area contributed by atoms with Gasteiger partial charge in [-0.2, -0.15) is 0 Å². The molecule has 2 saturated heterocycles. The van der Waals surface area contributed by atoms with Crippen LogP contribution in [-0.4, -0.2) is 62.3 Å². The van der Waals surface area contributed by atoms with Gasteiger partial charge in [-0.1, -0.05) is 13.8 Å². The molecule has 150 valence electrons. The minimum absolute atomic E-state index is 0. The number of nitrogens with zero attached hydrogens (tertiary/aromatic N) is 2. The summed E-state index contributed by atoms with van der Waals surface area (Å²) in [5, 5.41) is 0. The molecule has 3 aliphatic rings. The van der Waals surface area contributed by atoms with Gasteiger partial charge < -0.3 is 56.9 Å². The Balaban J connectivity index is 0.00000156. The van der Waals surface area contributed by atoms with E-state index < -0.39 is 0 Å². The first-order valence-electron chi connectivity index (χ1n) is 10.5. The summed E-state index contributed by atoms with van der Waals surface area (Å²) in [6.07, 6.45) is 11.8. The van der Waals surface area contributed by atoms with E-state index in [1.165, 1.54) is 99.6 Å². The van der Waals surface area contributed by atoms with Crippen LogP contribution >= 0.6 is 0 Å². The Labute approximate surface area is 191 Å². The maximum absolute atomic E-state index is 2.58. The molecule has 2 heterocycles. The van der Waals surface area contributed by atoms with Crippen molar-refractivity contribution in [3.8, 4) is 0 Å². The van der Waals surface area contributed by atoms with Crippen LogP contribution in [0.25, 0.3) is 0 Å². The van der Waals surface area contributed by atoms with E-state index in [0.29, 0.717) is 5.41 Å². The fourth-order valence-electron chi connectivity index (χ4n) is 5.88. The van der Waals surface area contributed by atoms with E-state index in [-0.39, 0.29) is 48.0 Å². The van der Waals surface area contributed by atoms with Gasteiger partial charge in [0.05, 0.1) is 53.4 Å². The van der Waals surface area contributed by atoms with Gasteiger partial charge in [0.25, 0.3) is 0 Å². The number of rotatable bonds is 5. The molecule has 0 aromatic rings. The molecule has 3 fully saturated rings. The average Bonchev–Trinajstić information content (AvgIpc) is 2.51. The number of halogens is 2. The maximum Gasteiger partial charge on any atom is 0.0818 e. The van der Waals surface area contributed by atoms with Crippen molar-refractivity contribution in [1.29, 1.82) is 0 Å². The van der Waals surface area contributed by atoms with Gasteiger partial charge in [-0.25, -0.2) is 0 Å². The van der Waals surface area contributed by atoms with Crippen molar-refractivity contribution < 1.29 is 56.9 Å². The fourth-order valence-corrected chi connectivity index (χ4v) is 5.88. The lowest BCUT2D eigenvalue weighted by atomic mass is 9.53. The van der Waals surface area contributed by atoms with Gasteiger partial charge in [-0.3, -0.25) is 0 Å². The largest absolute Gasteiger partial charge is 1.00 e. The Morgan fingerprint density at radius 3 is 1.68 bits per heavy atom. The quantitative estimate of drug-likeness (QED) is 0.271. The summed E-state index contributed by atoms with van der Waals surface area (Å²) in [6.45, 7) is 13.8. The second-order valence-electron chi connectivity index (χ2n) is 10.4. The van der Waals surface area contributed by atoms with Crippen LogP contribution in [0, 0.1) is 17.3 Å². The molecule has 2 atom stereocenters. The Kier molecular flexibility index (Phi) is 9.50. The normalized spacial score (nSPS) is 32.6. The van der Waals surface area contributed by atoms with Gasteiger partial charge in [0.2, 0.25) is 0 Å². The number of hydrogen-bond acceptors (Lipinski definition) is 0. The monoisotopic (exact) mass is 576 g/mol. The van der Waals surface area contributed by atoms with Crippen molar-refractivity contribution in [2.24, 2.45) is 17.3 Å². The highest BCUT2D eigenvalue weighted by atomic mass is 127. The Morgan fingerprint density at radius 2 is 1.20 bits per heavy atom. The Bertz CT molecular complexity index is 399. The molecule has 0 bridgehead atoms. The molecule has 0 aromatic heterocycles. The molecule has 1 aliphatic carbocycles. The highest BCUT2D eigenvalue weighted by Gasteiger charge is 2.51. The molecule has 0 radical (unpaired) electrons. The number of likely N-dealkylation sites (tertiary alicyclic amines) is 2. The zero-order valence-electron chi connectivity index (χ0n) is 17.2. The highest BCUT2D eigenvalue weighted by molar-refractivity contribution is 4.96. The van der Waals surface area contributed by atoms with Crippen molar-refractivity contribution in [3.05, 3.63) is 0 Å². The second-order valence-corrected chi connectivity index (χ2v) is 10.4. The van der Waals surface area contributed by atoms with Crippen LogP contribution in [0.3, 0.4) is 0 Å². The van der Waals surface area contributed by atoms with Crippen LogP contribution in [0.15, 0.2) is 0 Å². The summed E-state index contributed by atoms with van der Waals surface area (Å²) < 4.78 is 2.74. The molecular formula is C21H42I2N2. The molecule has 0 N–H and O–H groups in total. The summed E-state index contributed by atoms with van der Waals surface area (Å²) >= 11 is 0. The van der Waals surface area contributed by atoms with Crippen molar-refractivity contribution in [1.82, 2.24) is 0 Å². The number of piperidine rings is 2. The SMILES string of the molecule is CC1(C)C(CC[N+]2(C)CCCCC2)CC1C[N+]1(C)CCCCC1.[I-].[I-]. The van der Waals surface area contributed by atoms with Gasteiger partial charge in [-0.05, 0) is 62.7 Å². The van der Waals surface area contributed by atoms with Crippen LogP contribution in [0.4, 0.5) is 0 Å². The lowest BCUT2D eigenvalue weighted by Crippen LogP contribution is -3.00. The third kappa shape index (κ3) is 5.93. The molecule has 3 rings (SSSR count). The van der Waals surface area contributed by atoms with Crippen LogP contribution in [-0.2, 0) is 0 Å². The molecule has 0 spiro atoms.